The van der Waals surface area contributed by atoms with Crippen LogP contribution in [0.15, 0.2) is 0 Å². The zero-order valence-corrected chi connectivity index (χ0v) is 5.42. The van der Waals surface area contributed by atoms with E-state index in [4.69, 9.17) is 14.2 Å². The van der Waals surface area contributed by atoms with Gasteiger partial charge in [0.25, 0.3) is 0 Å². The van der Waals surface area contributed by atoms with E-state index in [0.29, 0.717) is 12.7 Å². The highest BCUT2D eigenvalue weighted by molar-refractivity contribution is 5.04. The summed E-state index contributed by atoms with van der Waals surface area (Å²) in [6.07, 6.45) is 0.331. The predicted molar refractivity (Wildman–Crippen MR) is 30.3 cm³/mol. The van der Waals surface area contributed by atoms with E-state index in [0.717, 1.165) is 13.2 Å². The first kappa shape index (κ1) is 5.65. The normalized spacial score (nSPS) is 47.0. The molecule has 2 aliphatic rings. The molecule has 9 heavy (non-hydrogen) atoms. The minimum absolute atomic E-state index is 0.0330. The summed E-state index contributed by atoms with van der Waals surface area (Å²) in [7, 11) is 1.69. The summed E-state index contributed by atoms with van der Waals surface area (Å²) in [5.41, 5.74) is -0.0330. The molecular weight excluding hydrogens is 120 g/mol. The summed E-state index contributed by atoms with van der Waals surface area (Å²) in [6, 6.07) is 0. The number of hydrogen-bond donors (Lipinski definition) is 0. The van der Waals surface area contributed by atoms with Gasteiger partial charge in [0.1, 0.15) is 11.7 Å². The van der Waals surface area contributed by atoms with Crippen LogP contribution in [0.5, 0.6) is 0 Å². The van der Waals surface area contributed by atoms with Crippen LogP contribution in [0, 0.1) is 0 Å². The lowest BCUT2D eigenvalue weighted by Crippen LogP contribution is -2.25. The van der Waals surface area contributed by atoms with Gasteiger partial charge in [-0.15, -0.1) is 0 Å². The van der Waals surface area contributed by atoms with E-state index in [2.05, 4.69) is 0 Å². The Morgan fingerprint density at radius 2 is 2.44 bits per heavy atom. The molecule has 2 unspecified atom stereocenters. The van der Waals surface area contributed by atoms with Gasteiger partial charge in [0.2, 0.25) is 0 Å². The van der Waals surface area contributed by atoms with Crippen LogP contribution in [-0.4, -0.2) is 38.6 Å². The van der Waals surface area contributed by atoms with Crippen molar-refractivity contribution in [2.75, 3.05) is 26.9 Å². The molecule has 2 saturated heterocycles. The smallest absolute Gasteiger partial charge is 0.143 e. The SMILES string of the molecule is COCC1(C2CO2)CO1. The van der Waals surface area contributed by atoms with E-state index in [1.54, 1.807) is 7.11 Å². The molecule has 0 aromatic rings. The molecule has 0 spiro atoms. The van der Waals surface area contributed by atoms with Crippen LogP contribution >= 0.6 is 0 Å². The predicted octanol–water partition coefficient (Wildman–Crippen LogP) is -0.199. The van der Waals surface area contributed by atoms with Crippen molar-refractivity contribution in [3.05, 3.63) is 0 Å². The first-order valence-electron chi connectivity index (χ1n) is 3.12. The highest BCUT2D eigenvalue weighted by Gasteiger charge is 2.58. The molecule has 0 amide bonds. The Kier molecular flexibility index (Phi) is 1.06. The Labute approximate surface area is 53.9 Å². The molecule has 3 nitrogen and oxygen atoms in total. The van der Waals surface area contributed by atoms with Crippen molar-refractivity contribution in [1.82, 2.24) is 0 Å². The number of epoxide rings is 2. The molecular formula is C6H10O3. The van der Waals surface area contributed by atoms with Crippen molar-refractivity contribution < 1.29 is 14.2 Å². The van der Waals surface area contributed by atoms with Gasteiger partial charge < -0.3 is 14.2 Å². The summed E-state index contributed by atoms with van der Waals surface area (Å²) < 4.78 is 15.3. The second-order valence-corrected chi connectivity index (χ2v) is 2.61. The summed E-state index contributed by atoms with van der Waals surface area (Å²) in [5.74, 6) is 0. The minimum Gasteiger partial charge on any atom is -0.381 e. The van der Waals surface area contributed by atoms with Crippen LogP contribution in [-0.2, 0) is 14.2 Å². The molecule has 0 bridgehead atoms. The van der Waals surface area contributed by atoms with Gasteiger partial charge in [-0.05, 0) is 0 Å². The Balaban J connectivity index is 1.89. The standard InChI is InChI=1S/C6H10O3/c1-7-3-6(4-9-6)5-2-8-5/h5H,2-4H2,1H3. The highest BCUT2D eigenvalue weighted by Crippen LogP contribution is 2.38. The van der Waals surface area contributed by atoms with Gasteiger partial charge in [-0.25, -0.2) is 0 Å². The molecule has 2 fully saturated rings. The Bertz CT molecular complexity index is 115. The largest absolute Gasteiger partial charge is 0.381 e. The van der Waals surface area contributed by atoms with Gasteiger partial charge in [0.05, 0.1) is 19.8 Å². The van der Waals surface area contributed by atoms with E-state index in [1.165, 1.54) is 0 Å². The van der Waals surface area contributed by atoms with Gasteiger partial charge in [-0.1, -0.05) is 0 Å². The van der Waals surface area contributed by atoms with Crippen LogP contribution in [0.3, 0.4) is 0 Å². The van der Waals surface area contributed by atoms with Gasteiger partial charge in [0, 0.05) is 7.11 Å². The lowest BCUT2D eigenvalue weighted by molar-refractivity contribution is 0.101. The first-order chi connectivity index (χ1) is 4.37. The average molecular weight is 130 g/mol. The van der Waals surface area contributed by atoms with Gasteiger partial charge in [-0.2, -0.15) is 0 Å². The zero-order valence-electron chi connectivity index (χ0n) is 5.42. The molecule has 0 radical (unpaired) electrons. The van der Waals surface area contributed by atoms with Crippen molar-refractivity contribution in [3.8, 4) is 0 Å². The van der Waals surface area contributed by atoms with Crippen molar-refractivity contribution in [2.45, 2.75) is 11.7 Å². The Morgan fingerprint density at radius 3 is 2.78 bits per heavy atom. The van der Waals surface area contributed by atoms with Gasteiger partial charge >= 0.3 is 0 Å². The van der Waals surface area contributed by atoms with E-state index >= 15 is 0 Å². The third-order valence-electron chi connectivity index (χ3n) is 1.82. The van der Waals surface area contributed by atoms with Crippen molar-refractivity contribution in [3.63, 3.8) is 0 Å². The molecule has 0 N–H and O–H groups in total. The zero-order chi connectivity index (χ0) is 6.32. The third-order valence-corrected chi connectivity index (χ3v) is 1.82. The molecule has 2 atom stereocenters. The number of methoxy groups -OCH3 is 1. The number of rotatable bonds is 3. The van der Waals surface area contributed by atoms with Gasteiger partial charge in [-0.3, -0.25) is 0 Å². The first-order valence-corrected chi connectivity index (χ1v) is 3.12. The monoisotopic (exact) mass is 130 g/mol. The maximum Gasteiger partial charge on any atom is 0.143 e. The van der Waals surface area contributed by atoms with Crippen LogP contribution < -0.4 is 0 Å². The maximum atomic E-state index is 5.21. The Morgan fingerprint density at radius 1 is 1.78 bits per heavy atom. The Hall–Kier alpha value is -0.120. The van der Waals surface area contributed by atoms with Crippen molar-refractivity contribution in [1.29, 1.82) is 0 Å². The summed E-state index contributed by atoms with van der Waals surface area (Å²) in [6.45, 7) is 2.34. The van der Waals surface area contributed by atoms with E-state index < -0.39 is 0 Å². The van der Waals surface area contributed by atoms with Crippen LogP contribution in [0.4, 0.5) is 0 Å². The van der Waals surface area contributed by atoms with E-state index in [-0.39, 0.29) is 5.60 Å². The second kappa shape index (κ2) is 1.68. The highest BCUT2D eigenvalue weighted by atomic mass is 16.7. The van der Waals surface area contributed by atoms with Crippen molar-refractivity contribution in [2.24, 2.45) is 0 Å². The fourth-order valence-corrected chi connectivity index (χ4v) is 1.05. The maximum absolute atomic E-state index is 5.21. The quantitative estimate of drug-likeness (QED) is 0.496. The molecule has 0 aliphatic carbocycles. The number of ether oxygens (including phenoxy) is 3. The van der Waals surface area contributed by atoms with Crippen LogP contribution in [0.1, 0.15) is 0 Å². The second-order valence-electron chi connectivity index (χ2n) is 2.61. The fraction of sp³-hybridized carbons (Fsp3) is 1.00. The van der Waals surface area contributed by atoms with Gasteiger partial charge in [0.15, 0.2) is 0 Å². The molecule has 0 aromatic carbocycles. The topological polar surface area (TPSA) is 34.3 Å². The third kappa shape index (κ3) is 0.852. The van der Waals surface area contributed by atoms with Crippen LogP contribution in [0.25, 0.3) is 0 Å². The van der Waals surface area contributed by atoms with E-state index in [1.807, 2.05) is 0 Å². The molecule has 52 valence electrons. The molecule has 3 heteroatoms. The molecule has 0 aromatic heterocycles. The van der Waals surface area contributed by atoms with Crippen molar-refractivity contribution >= 4 is 0 Å². The van der Waals surface area contributed by atoms with E-state index in [9.17, 15) is 0 Å². The minimum atomic E-state index is -0.0330. The molecule has 0 saturated carbocycles. The summed E-state index contributed by atoms with van der Waals surface area (Å²) in [4.78, 5) is 0. The lowest BCUT2D eigenvalue weighted by Gasteiger charge is -2.04. The molecule has 2 heterocycles. The number of hydrogen-bond acceptors (Lipinski definition) is 3. The average Bonchev–Trinajstić information content (AvgIpc) is 2.61. The fourth-order valence-electron chi connectivity index (χ4n) is 1.05. The lowest BCUT2D eigenvalue weighted by atomic mass is 10.1. The molecule has 2 rings (SSSR count). The summed E-state index contributed by atoms with van der Waals surface area (Å²) >= 11 is 0. The molecule has 2 aliphatic heterocycles. The summed E-state index contributed by atoms with van der Waals surface area (Å²) in [5, 5.41) is 0. The van der Waals surface area contributed by atoms with Crippen LogP contribution in [0.2, 0.25) is 0 Å².